The molecular weight excluding hydrogens is 392 g/mol. The Morgan fingerprint density at radius 2 is 2.38 bits per heavy atom. The number of alkyl halides is 4. The van der Waals surface area contributed by atoms with Gasteiger partial charge in [0.15, 0.2) is 0 Å². The molecular formula is C9H17I2NO-2. The van der Waals surface area contributed by atoms with E-state index < -0.39 is 0 Å². The molecule has 2 aliphatic heterocycles. The first-order valence-corrected chi connectivity index (χ1v) is 11.7. The van der Waals surface area contributed by atoms with Gasteiger partial charge in [0.2, 0.25) is 0 Å². The average Bonchev–Trinajstić information content (AvgIpc) is 2.74. The van der Waals surface area contributed by atoms with Crippen molar-refractivity contribution < 1.29 is 47.1 Å². The van der Waals surface area contributed by atoms with Crippen molar-refractivity contribution in [2.24, 2.45) is 0 Å². The Balaban J connectivity index is 1.85. The standard InChI is InChI=1S/C9H17I2NO/c1-10-5-7(11-2)8-3-4-9(12-8)6-13-9/h7-8,12H,3-6H2,1-2H3/q-2/t7-,8?,9?/m1/s1. The fraction of sp³-hybridized carbons (Fsp3) is 1.00. The van der Waals surface area contributed by atoms with Crippen LogP contribution in [0.1, 0.15) is 12.8 Å². The first-order chi connectivity index (χ1) is 6.29. The van der Waals surface area contributed by atoms with Gasteiger partial charge in [-0.1, -0.05) is 0 Å². The predicted octanol–water partition coefficient (Wildman–Crippen LogP) is -5.73. The third-order valence-corrected chi connectivity index (χ3v) is 9.24. The van der Waals surface area contributed by atoms with E-state index in [1.807, 2.05) is 0 Å². The number of rotatable bonds is 4. The molecule has 0 aromatic carbocycles. The zero-order valence-corrected chi connectivity index (χ0v) is 12.5. The fourth-order valence-corrected chi connectivity index (χ4v) is 9.58. The summed E-state index contributed by atoms with van der Waals surface area (Å²) in [5.41, 5.74) is 0.174. The third-order valence-electron chi connectivity index (χ3n) is 2.82. The van der Waals surface area contributed by atoms with Crippen molar-refractivity contribution >= 4 is 0 Å². The van der Waals surface area contributed by atoms with E-state index in [1.54, 1.807) is 0 Å². The molecule has 2 unspecified atom stereocenters. The molecule has 0 amide bonds. The van der Waals surface area contributed by atoms with E-state index in [0.29, 0.717) is 42.4 Å². The second kappa shape index (κ2) is 4.49. The molecule has 80 valence electrons. The molecule has 2 saturated heterocycles. The van der Waals surface area contributed by atoms with Crippen molar-refractivity contribution in [2.45, 2.75) is 28.5 Å². The second-order valence-electron chi connectivity index (χ2n) is 3.73. The number of nitrogens with one attached hydrogen (secondary N) is 1. The van der Waals surface area contributed by atoms with Gasteiger partial charge < -0.3 is 0 Å². The van der Waals surface area contributed by atoms with E-state index in [4.69, 9.17) is 4.74 Å². The van der Waals surface area contributed by atoms with Gasteiger partial charge in [0.25, 0.3) is 0 Å². The molecule has 1 N–H and O–H groups in total. The van der Waals surface area contributed by atoms with Crippen LogP contribution in [0.15, 0.2) is 0 Å². The summed E-state index contributed by atoms with van der Waals surface area (Å²) in [5.74, 6) is 0. The summed E-state index contributed by atoms with van der Waals surface area (Å²) in [6.45, 7) is 0.972. The summed E-state index contributed by atoms with van der Waals surface area (Å²) in [6.07, 6.45) is 2.63. The number of hydrogen-bond donors (Lipinski definition) is 1. The summed E-state index contributed by atoms with van der Waals surface area (Å²) in [5, 5.41) is 3.70. The molecule has 4 heteroatoms. The third kappa shape index (κ3) is 2.49. The monoisotopic (exact) mass is 409 g/mol. The molecule has 2 aliphatic rings. The summed E-state index contributed by atoms with van der Waals surface area (Å²) in [6, 6.07) is 0.806. The van der Waals surface area contributed by atoms with E-state index in [-0.39, 0.29) is 5.72 Å². The van der Waals surface area contributed by atoms with Crippen LogP contribution in [0, 0.1) is 0 Å². The maximum atomic E-state index is 5.47. The molecule has 0 radical (unpaired) electrons. The van der Waals surface area contributed by atoms with Gasteiger partial charge in [0.1, 0.15) is 0 Å². The van der Waals surface area contributed by atoms with Crippen molar-refractivity contribution in [3.05, 3.63) is 0 Å². The number of hydrogen-bond acceptors (Lipinski definition) is 2. The molecule has 3 atom stereocenters. The average molecular weight is 409 g/mol. The van der Waals surface area contributed by atoms with Crippen molar-refractivity contribution in [1.29, 1.82) is 0 Å². The summed E-state index contributed by atoms with van der Waals surface area (Å²) in [4.78, 5) is 4.84. The van der Waals surface area contributed by atoms with E-state index in [2.05, 4.69) is 15.2 Å². The molecule has 13 heavy (non-hydrogen) atoms. The normalized spacial score (nSPS) is 40.3. The van der Waals surface area contributed by atoms with Gasteiger partial charge in [-0.05, 0) is 0 Å². The van der Waals surface area contributed by atoms with Crippen LogP contribution in [0.4, 0.5) is 0 Å². The van der Waals surface area contributed by atoms with Crippen LogP contribution in [0.5, 0.6) is 0 Å². The van der Waals surface area contributed by atoms with Crippen LogP contribution in [0.2, 0.25) is 0 Å². The van der Waals surface area contributed by atoms with Gasteiger partial charge >= 0.3 is 102 Å². The molecule has 0 bridgehead atoms. The molecule has 2 rings (SSSR count). The Morgan fingerprint density at radius 3 is 2.85 bits per heavy atom. The number of halogens is 2. The summed E-state index contributed by atoms with van der Waals surface area (Å²) >= 11 is 0.896. The zero-order chi connectivity index (χ0) is 9.31. The summed E-state index contributed by atoms with van der Waals surface area (Å²) < 4.78 is 8.02. The Bertz CT molecular complexity index is 184. The van der Waals surface area contributed by atoms with Crippen LogP contribution in [-0.4, -0.2) is 36.6 Å². The van der Waals surface area contributed by atoms with Crippen molar-refractivity contribution in [1.82, 2.24) is 5.32 Å². The van der Waals surface area contributed by atoms with Crippen LogP contribution in [0.25, 0.3) is 0 Å². The van der Waals surface area contributed by atoms with Gasteiger partial charge in [0.05, 0.1) is 0 Å². The van der Waals surface area contributed by atoms with Crippen LogP contribution < -0.4 is 47.7 Å². The number of ether oxygens (including phenoxy) is 1. The van der Waals surface area contributed by atoms with Gasteiger partial charge in [-0.15, -0.1) is 0 Å². The van der Waals surface area contributed by atoms with Crippen LogP contribution >= 0.6 is 0 Å². The Kier molecular flexibility index (Phi) is 3.76. The fourth-order valence-electron chi connectivity index (χ4n) is 1.92. The topological polar surface area (TPSA) is 24.6 Å². The molecule has 0 aromatic heterocycles. The number of epoxide rings is 1. The Hall–Kier alpha value is 1.38. The van der Waals surface area contributed by atoms with E-state index in [9.17, 15) is 0 Å². The molecule has 1 spiro atoms. The SMILES string of the molecule is C[I-]C[C@@H]([I-]C)C1CCC2(CO2)N1. The van der Waals surface area contributed by atoms with Gasteiger partial charge in [-0.3, -0.25) is 0 Å². The van der Waals surface area contributed by atoms with Crippen molar-refractivity contribution in [3.63, 3.8) is 0 Å². The van der Waals surface area contributed by atoms with Gasteiger partial charge in [-0.25, -0.2) is 0 Å². The molecule has 2 nitrogen and oxygen atoms in total. The van der Waals surface area contributed by atoms with E-state index >= 15 is 0 Å². The minimum atomic E-state index is 0.174. The molecule has 0 aliphatic carbocycles. The Morgan fingerprint density at radius 1 is 1.62 bits per heavy atom. The molecule has 2 fully saturated rings. The van der Waals surface area contributed by atoms with Gasteiger partial charge in [0, 0.05) is 0 Å². The first kappa shape index (κ1) is 10.9. The minimum absolute atomic E-state index is 0.174. The quantitative estimate of drug-likeness (QED) is 0.285. The predicted molar refractivity (Wildman–Crippen MR) is 45.3 cm³/mol. The molecule has 2 heterocycles. The molecule has 0 aromatic rings. The second-order valence-corrected chi connectivity index (χ2v) is 8.98. The first-order valence-electron chi connectivity index (χ1n) is 4.63. The molecule has 0 saturated carbocycles. The Labute approximate surface area is 101 Å². The van der Waals surface area contributed by atoms with Crippen LogP contribution in [0.3, 0.4) is 0 Å². The van der Waals surface area contributed by atoms with E-state index in [0.717, 1.165) is 16.6 Å². The van der Waals surface area contributed by atoms with Crippen molar-refractivity contribution in [2.75, 3.05) is 20.9 Å². The van der Waals surface area contributed by atoms with Gasteiger partial charge in [-0.2, -0.15) is 0 Å². The van der Waals surface area contributed by atoms with E-state index in [1.165, 1.54) is 17.3 Å². The summed E-state index contributed by atoms with van der Waals surface area (Å²) in [7, 11) is 0. The maximum absolute atomic E-state index is 5.47. The van der Waals surface area contributed by atoms with Crippen molar-refractivity contribution in [3.8, 4) is 0 Å². The van der Waals surface area contributed by atoms with Crippen LogP contribution in [-0.2, 0) is 4.74 Å². The zero-order valence-electron chi connectivity index (χ0n) is 8.15.